The van der Waals surface area contributed by atoms with Crippen molar-refractivity contribution in [2.75, 3.05) is 0 Å². The van der Waals surface area contributed by atoms with Crippen molar-refractivity contribution in [3.8, 4) is 78.7 Å². The summed E-state index contributed by atoms with van der Waals surface area (Å²) in [4.78, 5) is 14.8. The Hall–Kier alpha value is -6.97. The molecule has 0 saturated heterocycles. The van der Waals surface area contributed by atoms with E-state index in [2.05, 4.69) is 140 Å². The van der Waals surface area contributed by atoms with Crippen LogP contribution in [0.4, 0.5) is 0 Å². The summed E-state index contributed by atoms with van der Waals surface area (Å²) < 4.78 is 0. The van der Waals surface area contributed by atoms with Crippen molar-refractivity contribution >= 4 is 10.8 Å². The molecule has 9 rings (SSSR count). The third kappa shape index (κ3) is 6.39. The number of aromatic nitrogens is 3. The summed E-state index contributed by atoms with van der Waals surface area (Å²) in [7, 11) is 0. The van der Waals surface area contributed by atoms with Crippen LogP contribution in [0.1, 0.15) is 0 Å². The van der Waals surface area contributed by atoms with Crippen molar-refractivity contribution in [3.63, 3.8) is 0 Å². The predicted molar refractivity (Wildman–Crippen MR) is 215 cm³/mol. The van der Waals surface area contributed by atoms with Crippen molar-refractivity contribution < 1.29 is 0 Å². The molecule has 0 spiro atoms. The molecule has 0 saturated carbocycles. The highest BCUT2D eigenvalue weighted by atomic mass is 15.0. The van der Waals surface area contributed by atoms with Crippen LogP contribution in [0, 0.1) is 0 Å². The molecule has 0 bridgehead atoms. The Balaban J connectivity index is 1.13. The average Bonchev–Trinajstić information content (AvgIpc) is 3.24. The van der Waals surface area contributed by atoms with Gasteiger partial charge in [-0.05, 0) is 91.7 Å². The van der Waals surface area contributed by atoms with Crippen molar-refractivity contribution in [2.45, 2.75) is 0 Å². The fourth-order valence-electron chi connectivity index (χ4n) is 6.78. The molecule has 52 heavy (non-hydrogen) atoms. The molecule has 0 amide bonds. The number of benzene rings is 8. The molecule has 3 heteroatoms. The minimum atomic E-state index is 0.640. The van der Waals surface area contributed by atoms with Gasteiger partial charge >= 0.3 is 0 Å². The van der Waals surface area contributed by atoms with Crippen LogP contribution in [0.25, 0.3) is 89.4 Å². The quantitative estimate of drug-likeness (QED) is 0.170. The van der Waals surface area contributed by atoms with Crippen LogP contribution in [0.2, 0.25) is 0 Å². The summed E-state index contributed by atoms with van der Waals surface area (Å²) >= 11 is 0. The number of hydrogen-bond donors (Lipinski definition) is 0. The second kappa shape index (κ2) is 13.7. The van der Waals surface area contributed by atoms with E-state index in [-0.39, 0.29) is 0 Å². The maximum absolute atomic E-state index is 4.97. The third-order valence-corrected chi connectivity index (χ3v) is 9.47. The van der Waals surface area contributed by atoms with Gasteiger partial charge in [0.1, 0.15) is 0 Å². The third-order valence-electron chi connectivity index (χ3n) is 9.47. The van der Waals surface area contributed by atoms with Crippen molar-refractivity contribution in [1.82, 2.24) is 15.0 Å². The van der Waals surface area contributed by atoms with E-state index in [4.69, 9.17) is 15.0 Å². The molecule has 9 aromatic rings. The Morgan fingerprint density at radius 3 is 1.10 bits per heavy atom. The minimum Gasteiger partial charge on any atom is -0.208 e. The van der Waals surface area contributed by atoms with Gasteiger partial charge in [0.2, 0.25) is 0 Å². The number of nitrogens with zero attached hydrogens (tertiary/aromatic N) is 3. The van der Waals surface area contributed by atoms with Crippen molar-refractivity contribution in [1.29, 1.82) is 0 Å². The van der Waals surface area contributed by atoms with Crippen LogP contribution in [0.3, 0.4) is 0 Å². The number of hydrogen-bond acceptors (Lipinski definition) is 3. The summed E-state index contributed by atoms with van der Waals surface area (Å²) in [5.74, 6) is 1.94. The first-order chi connectivity index (χ1) is 25.7. The van der Waals surface area contributed by atoms with E-state index in [1.807, 2.05) is 60.7 Å². The summed E-state index contributed by atoms with van der Waals surface area (Å²) in [6, 6.07) is 70.3. The summed E-state index contributed by atoms with van der Waals surface area (Å²) in [6.45, 7) is 0. The zero-order chi connectivity index (χ0) is 34.7. The molecule has 0 fully saturated rings. The van der Waals surface area contributed by atoms with Gasteiger partial charge in [-0.3, -0.25) is 0 Å². The van der Waals surface area contributed by atoms with E-state index >= 15 is 0 Å². The molecule has 0 aliphatic rings. The van der Waals surface area contributed by atoms with E-state index in [0.717, 1.165) is 33.4 Å². The Bertz CT molecular complexity index is 2610. The lowest BCUT2D eigenvalue weighted by molar-refractivity contribution is 1.07. The van der Waals surface area contributed by atoms with Gasteiger partial charge in [0.15, 0.2) is 17.5 Å². The summed E-state index contributed by atoms with van der Waals surface area (Å²) in [5.41, 5.74) is 12.1. The highest BCUT2D eigenvalue weighted by molar-refractivity contribution is 5.90. The van der Waals surface area contributed by atoms with Gasteiger partial charge in [0.25, 0.3) is 0 Å². The first-order valence-electron chi connectivity index (χ1n) is 17.5. The second-order valence-corrected chi connectivity index (χ2v) is 12.9. The molecule has 0 aliphatic heterocycles. The van der Waals surface area contributed by atoms with Crippen LogP contribution in [-0.4, -0.2) is 15.0 Å². The smallest absolute Gasteiger partial charge is 0.164 e. The highest BCUT2D eigenvalue weighted by Gasteiger charge is 2.14. The summed E-state index contributed by atoms with van der Waals surface area (Å²) in [5, 5.41) is 2.48. The second-order valence-electron chi connectivity index (χ2n) is 12.9. The van der Waals surface area contributed by atoms with E-state index in [0.29, 0.717) is 17.5 Å². The van der Waals surface area contributed by atoms with Gasteiger partial charge in [-0.15, -0.1) is 0 Å². The SMILES string of the molecule is c1ccc(-c2cc(-c3cccc(-c4cccc(-c5nc(-c6ccccc6)nc(-c6ccccc6)n5)c4)c3)cc(-c3ccc4ccccc4c3)c2)cc1. The zero-order valence-electron chi connectivity index (χ0n) is 28.4. The molecule has 0 aliphatic carbocycles. The van der Waals surface area contributed by atoms with Gasteiger partial charge in [-0.25, -0.2) is 15.0 Å². The van der Waals surface area contributed by atoms with Crippen molar-refractivity contribution in [2.24, 2.45) is 0 Å². The lowest BCUT2D eigenvalue weighted by atomic mass is 9.91. The Morgan fingerprint density at radius 2 is 0.538 bits per heavy atom. The Labute approximate surface area is 303 Å². The first kappa shape index (κ1) is 31.0. The topological polar surface area (TPSA) is 38.7 Å². The normalized spacial score (nSPS) is 11.1. The largest absolute Gasteiger partial charge is 0.208 e. The van der Waals surface area contributed by atoms with Gasteiger partial charge < -0.3 is 0 Å². The molecule has 244 valence electrons. The van der Waals surface area contributed by atoms with Gasteiger partial charge in [0.05, 0.1) is 0 Å². The average molecular weight is 664 g/mol. The maximum Gasteiger partial charge on any atom is 0.164 e. The van der Waals surface area contributed by atoms with E-state index in [1.165, 1.54) is 38.6 Å². The first-order valence-corrected chi connectivity index (χ1v) is 17.5. The number of fused-ring (bicyclic) bond motifs is 1. The standard InChI is InChI=1S/C49H33N3/c1-4-14-34(15-5-1)44-31-45(33-46(32-44)42-27-26-35-16-10-11-21-38(35)28-42)41-24-12-22-39(29-41)40-23-13-25-43(30-40)49-51-47(36-17-6-2-7-18-36)50-48(52-49)37-19-8-3-9-20-37/h1-33H. The Morgan fingerprint density at radius 1 is 0.192 bits per heavy atom. The van der Waals surface area contributed by atoms with Gasteiger partial charge in [0, 0.05) is 16.7 Å². The van der Waals surface area contributed by atoms with Gasteiger partial charge in [-0.2, -0.15) is 0 Å². The fraction of sp³-hybridized carbons (Fsp3) is 0. The molecule has 0 unspecified atom stereocenters. The van der Waals surface area contributed by atoms with Crippen LogP contribution >= 0.6 is 0 Å². The van der Waals surface area contributed by atoms with Crippen molar-refractivity contribution in [3.05, 3.63) is 200 Å². The number of rotatable bonds is 7. The molecule has 0 atom stereocenters. The molecule has 1 aromatic heterocycles. The molecule has 8 aromatic carbocycles. The Kier molecular flexibility index (Phi) is 8.20. The minimum absolute atomic E-state index is 0.640. The van der Waals surface area contributed by atoms with Gasteiger partial charge in [-0.1, -0.05) is 164 Å². The molecular formula is C49H33N3. The molecule has 3 nitrogen and oxygen atoms in total. The highest BCUT2D eigenvalue weighted by Crippen LogP contribution is 2.36. The van der Waals surface area contributed by atoms with Crippen LogP contribution < -0.4 is 0 Å². The van der Waals surface area contributed by atoms with Crippen LogP contribution in [0.15, 0.2) is 200 Å². The lowest BCUT2D eigenvalue weighted by Gasteiger charge is -2.13. The van der Waals surface area contributed by atoms with Crippen LogP contribution in [0.5, 0.6) is 0 Å². The monoisotopic (exact) mass is 663 g/mol. The van der Waals surface area contributed by atoms with Crippen LogP contribution in [-0.2, 0) is 0 Å². The predicted octanol–water partition coefficient (Wildman–Crippen LogP) is 12.7. The lowest BCUT2D eigenvalue weighted by Crippen LogP contribution is -2.00. The van der Waals surface area contributed by atoms with E-state index in [9.17, 15) is 0 Å². The van der Waals surface area contributed by atoms with E-state index < -0.39 is 0 Å². The maximum atomic E-state index is 4.97. The molecule has 0 N–H and O–H groups in total. The molecular weight excluding hydrogens is 631 g/mol. The summed E-state index contributed by atoms with van der Waals surface area (Å²) in [6.07, 6.45) is 0. The fourth-order valence-corrected chi connectivity index (χ4v) is 6.78. The zero-order valence-corrected chi connectivity index (χ0v) is 28.4. The molecule has 0 radical (unpaired) electrons. The molecule has 1 heterocycles. The van der Waals surface area contributed by atoms with E-state index in [1.54, 1.807) is 0 Å².